The molecule has 0 atom stereocenters. The molecule has 0 spiro atoms. The zero-order chi connectivity index (χ0) is 20.4. The van der Waals surface area contributed by atoms with Crippen LogP contribution in [0, 0.1) is 10.1 Å². The molecule has 1 saturated carbocycles. The summed E-state index contributed by atoms with van der Waals surface area (Å²) in [5.41, 5.74) is 2.60. The number of nitro groups is 1. The molecule has 1 aliphatic heterocycles. The molecule has 1 fully saturated rings. The van der Waals surface area contributed by atoms with Crippen molar-refractivity contribution < 1.29 is 23.9 Å². The zero-order valence-electron chi connectivity index (χ0n) is 16.6. The van der Waals surface area contributed by atoms with Gasteiger partial charge >= 0.3 is 0 Å². The van der Waals surface area contributed by atoms with Gasteiger partial charge in [0.25, 0.3) is 5.69 Å². The highest BCUT2D eigenvalue weighted by atomic mass is 16.7. The van der Waals surface area contributed by atoms with Crippen molar-refractivity contribution in [2.24, 2.45) is 0 Å². The molecule has 0 aromatic heterocycles. The smallest absolute Gasteiger partial charge is 0.270 e. The highest BCUT2D eigenvalue weighted by molar-refractivity contribution is 5.50. The highest BCUT2D eigenvalue weighted by Gasteiger charge is 2.31. The summed E-state index contributed by atoms with van der Waals surface area (Å²) in [5, 5.41) is 11.4. The molecule has 0 saturated heterocycles. The quantitative estimate of drug-likeness (QED) is 0.494. The molecule has 0 bridgehead atoms. The van der Waals surface area contributed by atoms with Crippen molar-refractivity contribution in [2.45, 2.75) is 38.6 Å². The Bertz CT molecular complexity index is 912. The average Bonchev–Trinajstić information content (AvgIpc) is 3.58. The van der Waals surface area contributed by atoms with Gasteiger partial charge in [0.2, 0.25) is 0 Å². The number of ether oxygens (including phenoxy) is 4. The van der Waals surface area contributed by atoms with Gasteiger partial charge in [-0.05, 0) is 31.0 Å². The molecule has 2 aromatic carbocycles. The van der Waals surface area contributed by atoms with Crippen LogP contribution in [0.25, 0.3) is 0 Å². The van der Waals surface area contributed by atoms with Gasteiger partial charge in [0, 0.05) is 48.0 Å². The fourth-order valence-corrected chi connectivity index (χ4v) is 3.70. The summed E-state index contributed by atoms with van der Waals surface area (Å²) in [5.74, 6) is 2.26. The number of nitro benzene ring substituents is 1. The number of rotatable bonds is 8. The Labute approximate surface area is 169 Å². The number of non-ortho nitro benzene ring substituents is 1. The Balaban J connectivity index is 1.65. The molecule has 4 rings (SSSR count). The van der Waals surface area contributed by atoms with Crippen molar-refractivity contribution in [2.75, 3.05) is 21.0 Å². The third-order valence-corrected chi connectivity index (χ3v) is 5.28. The summed E-state index contributed by atoms with van der Waals surface area (Å²) >= 11 is 0. The first kappa shape index (κ1) is 19.5. The molecule has 0 N–H and O–H groups in total. The first-order valence-corrected chi connectivity index (χ1v) is 9.54. The lowest BCUT2D eigenvalue weighted by atomic mass is 10.1. The minimum absolute atomic E-state index is 0.0579. The summed E-state index contributed by atoms with van der Waals surface area (Å²) in [6, 6.07) is 9.32. The zero-order valence-corrected chi connectivity index (χ0v) is 16.6. The van der Waals surface area contributed by atoms with Crippen molar-refractivity contribution in [3.05, 3.63) is 57.1 Å². The van der Waals surface area contributed by atoms with Gasteiger partial charge in [-0.3, -0.25) is 15.0 Å². The Morgan fingerprint density at radius 1 is 1.14 bits per heavy atom. The number of hydrogen-bond donors (Lipinski definition) is 0. The number of hydrogen-bond acceptors (Lipinski definition) is 7. The van der Waals surface area contributed by atoms with Crippen LogP contribution in [-0.2, 0) is 24.4 Å². The second kappa shape index (κ2) is 8.26. The third-order valence-electron chi connectivity index (χ3n) is 5.28. The lowest BCUT2D eigenvalue weighted by Gasteiger charge is -2.26. The van der Waals surface area contributed by atoms with E-state index in [1.807, 2.05) is 18.2 Å². The van der Waals surface area contributed by atoms with Crippen LogP contribution in [0.2, 0.25) is 0 Å². The summed E-state index contributed by atoms with van der Waals surface area (Å²) in [6.07, 6.45) is 2.21. The SMILES string of the molecule is COc1ccc(OC)c(CN(Cc2cc([N+](=O)[O-])cc3c2OCOC3)C2CC2)c1. The number of methoxy groups -OCH3 is 2. The summed E-state index contributed by atoms with van der Waals surface area (Å²) in [6.45, 7) is 1.68. The molecular formula is C21H24N2O6. The van der Waals surface area contributed by atoms with Crippen LogP contribution < -0.4 is 14.2 Å². The maximum absolute atomic E-state index is 11.4. The number of fused-ring (bicyclic) bond motifs is 1. The fraction of sp³-hybridized carbons (Fsp3) is 0.429. The van der Waals surface area contributed by atoms with E-state index in [0.29, 0.717) is 31.5 Å². The van der Waals surface area contributed by atoms with Crippen LogP contribution in [0.5, 0.6) is 17.2 Å². The minimum atomic E-state index is -0.370. The highest BCUT2D eigenvalue weighted by Crippen LogP contribution is 2.37. The van der Waals surface area contributed by atoms with Crippen molar-refractivity contribution in [3.8, 4) is 17.2 Å². The van der Waals surface area contributed by atoms with E-state index in [2.05, 4.69) is 4.90 Å². The van der Waals surface area contributed by atoms with E-state index >= 15 is 0 Å². The minimum Gasteiger partial charge on any atom is -0.497 e. The average molecular weight is 400 g/mol. The van der Waals surface area contributed by atoms with Crippen molar-refractivity contribution in [1.29, 1.82) is 0 Å². The van der Waals surface area contributed by atoms with Gasteiger partial charge in [-0.15, -0.1) is 0 Å². The van der Waals surface area contributed by atoms with E-state index in [4.69, 9.17) is 18.9 Å². The largest absolute Gasteiger partial charge is 0.497 e. The van der Waals surface area contributed by atoms with Crippen LogP contribution in [-0.4, -0.2) is 36.9 Å². The van der Waals surface area contributed by atoms with Gasteiger partial charge < -0.3 is 18.9 Å². The van der Waals surface area contributed by atoms with Gasteiger partial charge in [0.1, 0.15) is 17.2 Å². The van der Waals surface area contributed by atoms with Crippen LogP contribution in [0.1, 0.15) is 29.5 Å². The normalized spacial score (nSPS) is 15.6. The molecule has 0 radical (unpaired) electrons. The summed E-state index contributed by atoms with van der Waals surface area (Å²) in [4.78, 5) is 13.3. The van der Waals surface area contributed by atoms with Crippen molar-refractivity contribution in [1.82, 2.24) is 4.90 Å². The van der Waals surface area contributed by atoms with Crippen LogP contribution in [0.15, 0.2) is 30.3 Å². The van der Waals surface area contributed by atoms with Gasteiger partial charge in [0.05, 0.1) is 25.7 Å². The predicted molar refractivity (Wildman–Crippen MR) is 105 cm³/mol. The molecule has 8 heteroatoms. The third kappa shape index (κ3) is 4.28. The molecule has 154 valence electrons. The van der Waals surface area contributed by atoms with E-state index in [1.165, 1.54) is 6.07 Å². The van der Waals surface area contributed by atoms with Crippen LogP contribution in [0.3, 0.4) is 0 Å². The molecule has 0 amide bonds. The monoisotopic (exact) mass is 400 g/mol. The molecule has 1 heterocycles. The van der Waals surface area contributed by atoms with Gasteiger partial charge in [-0.1, -0.05) is 0 Å². The lowest BCUT2D eigenvalue weighted by Crippen LogP contribution is -2.26. The summed E-state index contributed by atoms with van der Waals surface area (Å²) in [7, 11) is 3.29. The molecule has 1 aliphatic carbocycles. The Hall–Kier alpha value is -2.84. The Morgan fingerprint density at radius 2 is 1.93 bits per heavy atom. The van der Waals surface area contributed by atoms with E-state index in [1.54, 1.807) is 20.3 Å². The molecule has 8 nitrogen and oxygen atoms in total. The van der Waals surface area contributed by atoms with Gasteiger partial charge in [0.15, 0.2) is 6.79 Å². The van der Waals surface area contributed by atoms with Crippen LogP contribution in [0.4, 0.5) is 5.69 Å². The van der Waals surface area contributed by atoms with E-state index < -0.39 is 0 Å². The molecule has 0 unspecified atom stereocenters. The number of nitrogens with zero attached hydrogens (tertiary/aromatic N) is 2. The second-order valence-electron chi connectivity index (χ2n) is 7.27. The number of benzene rings is 2. The van der Waals surface area contributed by atoms with Crippen molar-refractivity contribution >= 4 is 5.69 Å². The molecule has 29 heavy (non-hydrogen) atoms. The predicted octanol–water partition coefficient (Wildman–Crippen LogP) is 3.64. The lowest BCUT2D eigenvalue weighted by molar-refractivity contribution is -0.385. The van der Waals surface area contributed by atoms with E-state index in [9.17, 15) is 10.1 Å². The van der Waals surface area contributed by atoms with E-state index in [0.717, 1.165) is 41.0 Å². The van der Waals surface area contributed by atoms with E-state index in [-0.39, 0.29) is 17.4 Å². The van der Waals surface area contributed by atoms with Crippen molar-refractivity contribution in [3.63, 3.8) is 0 Å². The molecule has 2 aliphatic rings. The molecule has 2 aromatic rings. The first-order chi connectivity index (χ1) is 14.1. The Morgan fingerprint density at radius 3 is 2.62 bits per heavy atom. The topological polar surface area (TPSA) is 83.3 Å². The van der Waals surface area contributed by atoms with Gasteiger partial charge in [-0.25, -0.2) is 0 Å². The maximum Gasteiger partial charge on any atom is 0.270 e. The second-order valence-corrected chi connectivity index (χ2v) is 7.27. The fourth-order valence-electron chi connectivity index (χ4n) is 3.70. The van der Waals surface area contributed by atoms with Crippen LogP contribution >= 0.6 is 0 Å². The maximum atomic E-state index is 11.4. The summed E-state index contributed by atoms with van der Waals surface area (Å²) < 4.78 is 21.9. The standard InChI is InChI=1S/C21H24N2O6/c1-26-19-5-6-20(27-2)14(9-19)10-22(17-3-4-17)11-15-7-18(23(24)25)8-16-12-28-13-29-21(15)16/h5-9,17H,3-4,10-13H2,1-2H3. The molecular weight excluding hydrogens is 376 g/mol. The van der Waals surface area contributed by atoms with Gasteiger partial charge in [-0.2, -0.15) is 0 Å². The first-order valence-electron chi connectivity index (χ1n) is 9.54. The Kier molecular flexibility index (Phi) is 5.55.